The molecule has 0 bridgehead atoms. The van der Waals surface area contributed by atoms with Crippen LogP contribution >= 0.6 is 0 Å². The van der Waals surface area contributed by atoms with Gasteiger partial charge in [0.1, 0.15) is 5.82 Å². The number of anilines is 2. The highest BCUT2D eigenvalue weighted by Crippen LogP contribution is 2.35. The fourth-order valence-electron chi connectivity index (χ4n) is 2.52. The van der Waals surface area contributed by atoms with Crippen LogP contribution in [-0.4, -0.2) is 42.1 Å². The van der Waals surface area contributed by atoms with E-state index in [1.165, 1.54) is 30.5 Å². The number of hydrogen-bond donors (Lipinski definition) is 1. The van der Waals surface area contributed by atoms with E-state index in [2.05, 4.69) is 10.3 Å². The van der Waals surface area contributed by atoms with Crippen LogP contribution < -0.4 is 5.32 Å². The Hall–Kier alpha value is -2.61. The summed E-state index contributed by atoms with van der Waals surface area (Å²) in [5.74, 6) is 0.0632. The number of halogens is 3. The maximum Gasteiger partial charge on any atom is 0.418 e. The molecule has 132 valence electrons. The van der Waals surface area contributed by atoms with E-state index in [0.29, 0.717) is 31.9 Å². The number of ether oxygens (including phenoxy) is 1. The molecule has 1 aliphatic heterocycles. The average Bonchev–Trinajstić information content (AvgIpc) is 2.62. The minimum Gasteiger partial charge on any atom is -0.378 e. The molecule has 1 amide bonds. The monoisotopic (exact) mass is 351 g/mol. The fraction of sp³-hybridized carbons (Fsp3) is 0.294. The number of hydrogen-bond acceptors (Lipinski definition) is 4. The molecule has 3 rings (SSSR count). The Labute approximate surface area is 142 Å². The Balaban J connectivity index is 1.74. The van der Waals surface area contributed by atoms with E-state index in [4.69, 9.17) is 4.74 Å². The Morgan fingerprint density at radius 2 is 1.84 bits per heavy atom. The van der Waals surface area contributed by atoms with Gasteiger partial charge in [0.25, 0.3) is 5.91 Å². The maximum atomic E-state index is 13.0. The van der Waals surface area contributed by atoms with Gasteiger partial charge in [-0.3, -0.25) is 4.79 Å². The van der Waals surface area contributed by atoms with Crippen molar-refractivity contribution in [2.75, 3.05) is 31.6 Å². The van der Waals surface area contributed by atoms with Crippen molar-refractivity contribution in [1.82, 2.24) is 9.88 Å². The molecule has 5 nitrogen and oxygen atoms in total. The number of morpholine rings is 1. The highest BCUT2D eigenvalue weighted by molar-refractivity contribution is 5.94. The van der Waals surface area contributed by atoms with Crippen molar-refractivity contribution < 1.29 is 22.7 Å². The van der Waals surface area contributed by atoms with Crippen molar-refractivity contribution in [3.63, 3.8) is 0 Å². The first-order valence-electron chi connectivity index (χ1n) is 7.71. The first-order valence-corrected chi connectivity index (χ1v) is 7.71. The van der Waals surface area contributed by atoms with Gasteiger partial charge in [-0.25, -0.2) is 4.98 Å². The van der Waals surface area contributed by atoms with E-state index in [9.17, 15) is 18.0 Å². The number of nitrogens with zero attached hydrogens (tertiary/aromatic N) is 2. The molecule has 0 aliphatic carbocycles. The summed E-state index contributed by atoms with van der Waals surface area (Å²) in [6, 6.07) is 8.19. The first-order chi connectivity index (χ1) is 11.9. The smallest absolute Gasteiger partial charge is 0.378 e. The summed E-state index contributed by atoms with van der Waals surface area (Å²) in [5.41, 5.74) is -0.475. The van der Waals surface area contributed by atoms with Gasteiger partial charge in [-0.2, -0.15) is 13.2 Å². The minimum atomic E-state index is -4.46. The number of carbonyl (C=O) groups is 1. The normalized spacial score (nSPS) is 15.1. The second-order valence-corrected chi connectivity index (χ2v) is 5.51. The lowest BCUT2D eigenvalue weighted by atomic mass is 10.1. The standard InChI is InChI=1S/C17H16F3N3O2/c18-17(19,20)13-3-1-2-4-14(13)22-15-6-5-12(11-21-15)16(24)23-7-9-25-10-8-23/h1-6,11H,7-10H2,(H,21,22). The molecular formula is C17H16F3N3O2. The molecule has 0 spiro atoms. The van der Waals surface area contributed by atoms with E-state index >= 15 is 0 Å². The van der Waals surface area contributed by atoms with E-state index in [-0.39, 0.29) is 17.4 Å². The van der Waals surface area contributed by atoms with Gasteiger partial charge >= 0.3 is 6.18 Å². The van der Waals surface area contributed by atoms with E-state index in [1.807, 2.05) is 0 Å². The van der Waals surface area contributed by atoms with Crippen LogP contribution in [0, 0.1) is 0 Å². The quantitative estimate of drug-likeness (QED) is 0.922. The number of aromatic nitrogens is 1. The Kier molecular flexibility index (Phi) is 4.89. The summed E-state index contributed by atoms with van der Waals surface area (Å²) in [7, 11) is 0. The fourth-order valence-corrected chi connectivity index (χ4v) is 2.52. The summed E-state index contributed by atoms with van der Waals surface area (Å²) in [4.78, 5) is 18.0. The van der Waals surface area contributed by atoms with Gasteiger partial charge in [-0.05, 0) is 24.3 Å². The van der Waals surface area contributed by atoms with Gasteiger partial charge in [-0.1, -0.05) is 12.1 Å². The number of pyridine rings is 1. The highest BCUT2D eigenvalue weighted by atomic mass is 19.4. The zero-order chi connectivity index (χ0) is 17.9. The number of rotatable bonds is 3. The van der Waals surface area contributed by atoms with E-state index in [1.54, 1.807) is 11.0 Å². The van der Waals surface area contributed by atoms with Crippen LogP contribution in [0.3, 0.4) is 0 Å². The molecule has 2 heterocycles. The summed E-state index contributed by atoms with van der Waals surface area (Å²) in [6.07, 6.45) is -3.10. The number of amides is 1. The van der Waals surface area contributed by atoms with Crippen molar-refractivity contribution in [2.24, 2.45) is 0 Å². The average molecular weight is 351 g/mol. The van der Waals surface area contributed by atoms with Crippen LogP contribution in [0.4, 0.5) is 24.7 Å². The molecule has 1 N–H and O–H groups in total. The van der Waals surface area contributed by atoms with Crippen LogP contribution in [0.25, 0.3) is 0 Å². The predicted molar refractivity (Wildman–Crippen MR) is 85.7 cm³/mol. The van der Waals surface area contributed by atoms with Crippen molar-refractivity contribution in [3.05, 3.63) is 53.7 Å². The zero-order valence-corrected chi connectivity index (χ0v) is 13.2. The lowest BCUT2D eigenvalue weighted by Gasteiger charge is -2.26. The summed E-state index contributed by atoms with van der Waals surface area (Å²) in [5, 5.41) is 2.65. The third kappa shape index (κ3) is 4.08. The van der Waals surface area contributed by atoms with Crippen LogP contribution in [0.1, 0.15) is 15.9 Å². The van der Waals surface area contributed by atoms with Crippen molar-refractivity contribution >= 4 is 17.4 Å². The molecule has 0 radical (unpaired) electrons. The molecule has 1 fully saturated rings. The van der Waals surface area contributed by atoms with Gasteiger partial charge in [0.05, 0.1) is 30.0 Å². The predicted octanol–water partition coefficient (Wildman–Crippen LogP) is 3.32. The summed E-state index contributed by atoms with van der Waals surface area (Å²) >= 11 is 0. The zero-order valence-electron chi connectivity index (χ0n) is 13.2. The Bertz CT molecular complexity index is 742. The maximum absolute atomic E-state index is 13.0. The van der Waals surface area contributed by atoms with E-state index in [0.717, 1.165) is 6.07 Å². The number of nitrogens with one attached hydrogen (secondary N) is 1. The van der Waals surface area contributed by atoms with Crippen LogP contribution in [0.2, 0.25) is 0 Å². The number of alkyl halides is 3. The third-order valence-electron chi connectivity index (χ3n) is 3.80. The first kappa shape index (κ1) is 17.2. The van der Waals surface area contributed by atoms with Crippen molar-refractivity contribution in [2.45, 2.75) is 6.18 Å². The van der Waals surface area contributed by atoms with Crippen LogP contribution in [0.15, 0.2) is 42.6 Å². The lowest BCUT2D eigenvalue weighted by Crippen LogP contribution is -2.40. The second-order valence-electron chi connectivity index (χ2n) is 5.51. The molecule has 1 saturated heterocycles. The largest absolute Gasteiger partial charge is 0.418 e. The van der Waals surface area contributed by atoms with E-state index < -0.39 is 11.7 Å². The van der Waals surface area contributed by atoms with Crippen LogP contribution in [-0.2, 0) is 10.9 Å². The molecule has 0 saturated carbocycles. The molecule has 1 aromatic carbocycles. The molecule has 1 aromatic heterocycles. The topological polar surface area (TPSA) is 54.5 Å². The van der Waals surface area contributed by atoms with Crippen LogP contribution in [0.5, 0.6) is 0 Å². The van der Waals surface area contributed by atoms with Gasteiger partial charge in [0.2, 0.25) is 0 Å². The molecule has 0 atom stereocenters. The SMILES string of the molecule is O=C(c1ccc(Nc2ccccc2C(F)(F)F)nc1)N1CCOCC1. The molecule has 25 heavy (non-hydrogen) atoms. The molecular weight excluding hydrogens is 335 g/mol. The molecule has 8 heteroatoms. The molecule has 2 aromatic rings. The number of benzene rings is 1. The Morgan fingerprint density at radius 3 is 2.48 bits per heavy atom. The van der Waals surface area contributed by atoms with Crippen molar-refractivity contribution in [3.8, 4) is 0 Å². The van der Waals surface area contributed by atoms with Gasteiger partial charge < -0.3 is 15.0 Å². The van der Waals surface area contributed by atoms with Gasteiger partial charge in [0.15, 0.2) is 0 Å². The summed E-state index contributed by atoms with van der Waals surface area (Å²) < 4.78 is 44.2. The molecule has 1 aliphatic rings. The van der Waals surface area contributed by atoms with Gasteiger partial charge in [-0.15, -0.1) is 0 Å². The number of para-hydroxylation sites is 1. The number of carbonyl (C=O) groups excluding carboxylic acids is 1. The van der Waals surface area contributed by atoms with Gasteiger partial charge in [0, 0.05) is 19.3 Å². The van der Waals surface area contributed by atoms with Crippen molar-refractivity contribution in [1.29, 1.82) is 0 Å². The second kappa shape index (κ2) is 7.10. The lowest BCUT2D eigenvalue weighted by molar-refractivity contribution is -0.136. The summed E-state index contributed by atoms with van der Waals surface area (Å²) in [6.45, 7) is 2.01. The third-order valence-corrected chi connectivity index (χ3v) is 3.80. The minimum absolute atomic E-state index is 0.0882. The Morgan fingerprint density at radius 1 is 1.12 bits per heavy atom. The molecule has 0 unspecified atom stereocenters. The highest BCUT2D eigenvalue weighted by Gasteiger charge is 2.33.